The highest BCUT2D eigenvalue weighted by Crippen LogP contribution is 1.79. The van der Waals surface area contributed by atoms with Crippen LogP contribution in [-0.2, 0) is 0 Å². The summed E-state index contributed by atoms with van der Waals surface area (Å²) in [5.41, 5.74) is 0. The standard InChI is InChI=1S/C4H4O.BH3O3/c1-2-4-5-3-1;2-1(3)4/h1-4H;2-4H. The quantitative estimate of drug-likeness (QED) is 0.403. The summed E-state index contributed by atoms with van der Waals surface area (Å²) in [4.78, 5) is 0. The molecular formula is C4H7BO4. The normalized spacial score (nSPS) is 7.44. The molecule has 1 aromatic rings. The first-order valence-electron chi connectivity index (χ1n) is 2.25. The largest absolute Gasteiger partial charge is 0.631 e. The van der Waals surface area contributed by atoms with Crippen LogP contribution in [0.2, 0.25) is 0 Å². The smallest absolute Gasteiger partial charge is 0.473 e. The van der Waals surface area contributed by atoms with Gasteiger partial charge in [0.1, 0.15) is 0 Å². The number of rotatable bonds is 0. The summed E-state index contributed by atoms with van der Waals surface area (Å²) in [6.45, 7) is 0. The van der Waals surface area contributed by atoms with Crippen molar-refractivity contribution < 1.29 is 19.5 Å². The van der Waals surface area contributed by atoms with Gasteiger partial charge in [0.05, 0.1) is 12.5 Å². The minimum absolute atomic E-state index is 1.62. The van der Waals surface area contributed by atoms with Crippen molar-refractivity contribution in [1.82, 2.24) is 0 Å². The third-order valence-electron chi connectivity index (χ3n) is 0.425. The minimum Gasteiger partial charge on any atom is -0.473 e. The SMILES string of the molecule is OB(O)O.c1ccoc1. The van der Waals surface area contributed by atoms with Crippen LogP contribution < -0.4 is 0 Å². The van der Waals surface area contributed by atoms with E-state index in [4.69, 9.17) is 15.1 Å². The molecule has 5 heteroatoms. The van der Waals surface area contributed by atoms with Crippen LogP contribution in [0.5, 0.6) is 0 Å². The van der Waals surface area contributed by atoms with Gasteiger partial charge < -0.3 is 19.5 Å². The van der Waals surface area contributed by atoms with Gasteiger partial charge in [0.2, 0.25) is 0 Å². The molecule has 0 atom stereocenters. The highest BCUT2D eigenvalue weighted by atomic mass is 16.5. The highest BCUT2D eigenvalue weighted by molar-refractivity contribution is 6.30. The monoisotopic (exact) mass is 130 g/mol. The molecule has 1 aromatic heterocycles. The van der Waals surface area contributed by atoms with Crippen molar-refractivity contribution in [1.29, 1.82) is 0 Å². The molecule has 9 heavy (non-hydrogen) atoms. The zero-order valence-electron chi connectivity index (χ0n) is 4.64. The van der Waals surface area contributed by atoms with Crippen molar-refractivity contribution in [3.05, 3.63) is 24.7 Å². The van der Waals surface area contributed by atoms with Crippen LogP contribution in [-0.4, -0.2) is 22.4 Å². The summed E-state index contributed by atoms with van der Waals surface area (Å²) in [6, 6.07) is 3.67. The van der Waals surface area contributed by atoms with E-state index in [1.54, 1.807) is 12.5 Å². The van der Waals surface area contributed by atoms with Crippen molar-refractivity contribution in [2.45, 2.75) is 0 Å². The van der Waals surface area contributed by atoms with Gasteiger partial charge in [-0.2, -0.15) is 0 Å². The number of hydrogen-bond acceptors (Lipinski definition) is 4. The van der Waals surface area contributed by atoms with Crippen molar-refractivity contribution in [2.75, 3.05) is 0 Å². The van der Waals surface area contributed by atoms with Crippen LogP contribution in [0.1, 0.15) is 0 Å². The summed E-state index contributed by atoms with van der Waals surface area (Å²) in [5.74, 6) is 0. The fraction of sp³-hybridized carbons (Fsp3) is 0. The molecule has 0 saturated carbocycles. The first-order valence-corrected chi connectivity index (χ1v) is 2.25. The van der Waals surface area contributed by atoms with Gasteiger partial charge in [-0.3, -0.25) is 0 Å². The van der Waals surface area contributed by atoms with Gasteiger partial charge in [0, 0.05) is 0 Å². The Labute approximate surface area is 52.5 Å². The predicted molar refractivity (Wildman–Crippen MR) is 31.1 cm³/mol. The fourth-order valence-corrected chi connectivity index (χ4v) is 0.227. The molecule has 0 spiro atoms. The van der Waals surface area contributed by atoms with Crippen molar-refractivity contribution >= 4 is 7.32 Å². The van der Waals surface area contributed by atoms with Crippen LogP contribution in [0.4, 0.5) is 0 Å². The molecule has 0 saturated heterocycles. The number of hydrogen-bond donors (Lipinski definition) is 3. The van der Waals surface area contributed by atoms with Gasteiger partial charge in [-0.05, 0) is 12.1 Å². The second-order valence-electron chi connectivity index (χ2n) is 1.14. The van der Waals surface area contributed by atoms with Crippen molar-refractivity contribution in [3.8, 4) is 0 Å². The first-order chi connectivity index (χ1) is 4.23. The van der Waals surface area contributed by atoms with Crippen LogP contribution in [0, 0.1) is 0 Å². The minimum atomic E-state index is -2.17. The van der Waals surface area contributed by atoms with E-state index >= 15 is 0 Å². The lowest BCUT2D eigenvalue weighted by Crippen LogP contribution is -2.07. The Hall–Kier alpha value is -0.775. The maximum Gasteiger partial charge on any atom is 0.631 e. The van der Waals surface area contributed by atoms with E-state index in [9.17, 15) is 0 Å². The molecule has 0 unspecified atom stereocenters. The Morgan fingerprint density at radius 2 is 1.33 bits per heavy atom. The second kappa shape index (κ2) is 5.36. The van der Waals surface area contributed by atoms with Crippen molar-refractivity contribution in [2.24, 2.45) is 0 Å². The van der Waals surface area contributed by atoms with Crippen molar-refractivity contribution in [3.63, 3.8) is 0 Å². The van der Waals surface area contributed by atoms with E-state index in [0.29, 0.717) is 0 Å². The molecule has 0 aromatic carbocycles. The van der Waals surface area contributed by atoms with Gasteiger partial charge >= 0.3 is 7.32 Å². The lowest BCUT2D eigenvalue weighted by atomic mass is 10.3. The van der Waals surface area contributed by atoms with E-state index in [2.05, 4.69) is 4.42 Å². The molecule has 0 aliphatic carbocycles. The molecule has 0 radical (unpaired) electrons. The summed E-state index contributed by atoms with van der Waals surface area (Å²) in [5, 5.41) is 21.5. The van der Waals surface area contributed by atoms with Gasteiger partial charge in [-0.25, -0.2) is 0 Å². The molecule has 0 aliphatic rings. The zero-order chi connectivity index (χ0) is 7.11. The topological polar surface area (TPSA) is 73.8 Å². The molecule has 1 heterocycles. The van der Waals surface area contributed by atoms with Crippen LogP contribution in [0.25, 0.3) is 0 Å². The van der Waals surface area contributed by atoms with Crippen LogP contribution in [0.3, 0.4) is 0 Å². The average molecular weight is 130 g/mol. The Balaban J connectivity index is 0.000000148. The Bertz CT molecular complexity index is 96.2. The zero-order valence-corrected chi connectivity index (χ0v) is 4.64. The molecular weight excluding hydrogens is 123 g/mol. The lowest BCUT2D eigenvalue weighted by Gasteiger charge is -1.69. The first kappa shape index (κ1) is 8.22. The molecule has 50 valence electrons. The second-order valence-corrected chi connectivity index (χ2v) is 1.14. The molecule has 0 bridgehead atoms. The van der Waals surface area contributed by atoms with Gasteiger partial charge in [-0.15, -0.1) is 0 Å². The summed E-state index contributed by atoms with van der Waals surface area (Å²) < 4.78 is 4.58. The van der Waals surface area contributed by atoms with E-state index in [1.165, 1.54) is 0 Å². The molecule has 0 aliphatic heterocycles. The molecule has 1 rings (SSSR count). The van der Waals surface area contributed by atoms with E-state index in [1.807, 2.05) is 12.1 Å². The van der Waals surface area contributed by atoms with Gasteiger partial charge in [0.15, 0.2) is 0 Å². The summed E-state index contributed by atoms with van der Waals surface area (Å²) in [7, 11) is -2.17. The Morgan fingerprint density at radius 3 is 1.44 bits per heavy atom. The lowest BCUT2D eigenvalue weighted by molar-refractivity contribution is 0.278. The highest BCUT2D eigenvalue weighted by Gasteiger charge is 1.92. The van der Waals surface area contributed by atoms with Crippen LogP contribution >= 0.6 is 0 Å². The molecule has 4 nitrogen and oxygen atoms in total. The van der Waals surface area contributed by atoms with E-state index in [0.717, 1.165) is 0 Å². The third kappa shape index (κ3) is 11.0. The number of furan rings is 1. The van der Waals surface area contributed by atoms with Gasteiger partial charge in [-0.1, -0.05) is 0 Å². The molecule has 0 fully saturated rings. The van der Waals surface area contributed by atoms with Crippen LogP contribution in [0.15, 0.2) is 29.1 Å². The van der Waals surface area contributed by atoms with E-state index < -0.39 is 7.32 Å². The molecule has 3 N–H and O–H groups in total. The average Bonchev–Trinajstić information content (AvgIpc) is 2.11. The molecule has 0 amide bonds. The third-order valence-corrected chi connectivity index (χ3v) is 0.425. The fourth-order valence-electron chi connectivity index (χ4n) is 0.227. The van der Waals surface area contributed by atoms with Gasteiger partial charge in [0.25, 0.3) is 0 Å². The predicted octanol–water partition coefficient (Wildman–Crippen LogP) is -0.772. The maximum absolute atomic E-state index is 7.17. The Kier molecular flexibility index (Phi) is 4.90. The van der Waals surface area contributed by atoms with E-state index in [-0.39, 0.29) is 0 Å². The summed E-state index contributed by atoms with van der Waals surface area (Å²) in [6.07, 6.45) is 3.25. The maximum atomic E-state index is 7.17. The summed E-state index contributed by atoms with van der Waals surface area (Å²) >= 11 is 0. The Morgan fingerprint density at radius 1 is 1.00 bits per heavy atom.